The fourth-order valence-electron chi connectivity index (χ4n) is 2.22. The van der Waals surface area contributed by atoms with Crippen molar-refractivity contribution in [1.29, 1.82) is 0 Å². The molecule has 1 aromatic heterocycles. The Labute approximate surface area is 115 Å². The molecule has 0 aliphatic carbocycles. The average molecular weight is 278 g/mol. The number of carboxylic acid groups (broad SMARTS) is 1. The molecule has 1 aromatic carbocycles. The van der Waals surface area contributed by atoms with Crippen LogP contribution in [-0.4, -0.2) is 38.4 Å². The van der Waals surface area contributed by atoms with E-state index in [0.29, 0.717) is 12.2 Å². The number of aromatic amines is 1. The van der Waals surface area contributed by atoms with E-state index in [0.717, 1.165) is 5.56 Å². The summed E-state index contributed by atoms with van der Waals surface area (Å²) in [7, 11) is 0. The zero-order chi connectivity index (χ0) is 14.4. The fraction of sp³-hybridized carbons (Fsp3) is 0.385. The molecule has 0 aliphatic rings. The molecule has 7 heteroatoms. The normalized spacial score (nSPS) is 13.8. The molecule has 6 nitrogen and oxygen atoms in total. The highest BCUT2D eigenvalue weighted by Crippen LogP contribution is 2.28. The Balaban J connectivity index is 2.27. The number of aliphatic carboxylic acids is 1. The minimum Gasteiger partial charge on any atom is -0.481 e. The van der Waals surface area contributed by atoms with Crippen LogP contribution in [0.2, 0.25) is 0 Å². The van der Waals surface area contributed by atoms with Crippen LogP contribution in [0.15, 0.2) is 30.3 Å². The first-order chi connectivity index (χ1) is 9.72. The molecular formula is C13H15FN4O2. The van der Waals surface area contributed by atoms with Crippen molar-refractivity contribution < 1.29 is 14.3 Å². The molecule has 2 aromatic rings. The van der Waals surface area contributed by atoms with Gasteiger partial charge in [-0.15, -0.1) is 10.2 Å². The van der Waals surface area contributed by atoms with Crippen molar-refractivity contribution in [1.82, 2.24) is 20.6 Å². The van der Waals surface area contributed by atoms with E-state index < -0.39 is 24.5 Å². The third-order valence-electron chi connectivity index (χ3n) is 3.21. The number of rotatable bonds is 7. The largest absolute Gasteiger partial charge is 0.481 e. The molecule has 2 N–H and O–H groups in total. The number of tetrazole rings is 1. The number of carboxylic acids is 1. The predicted octanol–water partition coefficient (Wildman–Crippen LogP) is 1.59. The van der Waals surface area contributed by atoms with Crippen LogP contribution in [0.25, 0.3) is 0 Å². The number of nitrogens with zero attached hydrogens (tertiary/aromatic N) is 3. The van der Waals surface area contributed by atoms with Gasteiger partial charge in [0.25, 0.3) is 0 Å². The van der Waals surface area contributed by atoms with E-state index >= 15 is 0 Å². The minimum atomic E-state index is -1.05. The number of nitrogens with one attached hydrogen (secondary N) is 1. The van der Waals surface area contributed by atoms with Crippen LogP contribution < -0.4 is 0 Å². The van der Waals surface area contributed by atoms with E-state index in [1.165, 1.54) is 0 Å². The summed E-state index contributed by atoms with van der Waals surface area (Å²) in [5, 5.41) is 22.8. The van der Waals surface area contributed by atoms with Gasteiger partial charge in [0.1, 0.15) is 0 Å². The van der Waals surface area contributed by atoms with E-state index in [1.807, 2.05) is 30.3 Å². The van der Waals surface area contributed by atoms with Gasteiger partial charge < -0.3 is 5.11 Å². The lowest BCUT2D eigenvalue weighted by Crippen LogP contribution is -2.25. The van der Waals surface area contributed by atoms with Gasteiger partial charge in [-0.25, -0.2) is 0 Å². The third kappa shape index (κ3) is 3.37. The number of halogens is 1. The van der Waals surface area contributed by atoms with Crippen LogP contribution >= 0.6 is 0 Å². The Morgan fingerprint density at radius 1 is 1.35 bits per heavy atom. The second-order valence-corrected chi connectivity index (χ2v) is 4.49. The Hall–Kier alpha value is -2.31. The minimum absolute atomic E-state index is 0.0681. The maximum Gasteiger partial charge on any atom is 0.307 e. The summed E-state index contributed by atoms with van der Waals surface area (Å²) in [5.41, 5.74) is 0.951. The summed E-state index contributed by atoms with van der Waals surface area (Å²) < 4.78 is 12.6. The SMILES string of the molecule is O=C(O)C(CCF)C(Cc1ccccc1)c1nn[nH]n1. The summed E-state index contributed by atoms with van der Waals surface area (Å²) in [6.45, 7) is -0.694. The average Bonchev–Trinajstić information content (AvgIpc) is 2.97. The summed E-state index contributed by atoms with van der Waals surface area (Å²) in [6.07, 6.45) is 0.360. The van der Waals surface area contributed by atoms with Gasteiger partial charge in [-0.3, -0.25) is 9.18 Å². The van der Waals surface area contributed by atoms with E-state index in [4.69, 9.17) is 0 Å². The number of hydrogen-bond acceptors (Lipinski definition) is 4. The first-order valence-corrected chi connectivity index (χ1v) is 6.28. The summed E-state index contributed by atoms with van der Waals surface area (Å²) in [5.74, 6) is -2.13. The van der Waals surface area contributed by atoms with Crippen molar-refractivity contribution in [3.05, 3.63) is 41.7 Å². The molecule has 0 fully saturated rings. The Bertz CT molecular complexity index is 533. The van der Waals surface area contributed by atoms with E-state index in [9.17, 15) is 14.3 Å². The Morgan fingerprint density at radius 2 is 2.10 bits per heavy atom. The first-order valence-electron chi connectivity index (χ1n) is 6.28. The Kier molecular flexibility index (Phi) is 4.75. The molecule has 0 bridgehead atoms. The van der Waals surface area contributed by atoms with Gasteiger partial charge in [-0.1, -0.05) is 35.5 Å². The quantitative estimate of drug-likeness (QED) is 0.802. The first kappa shape index (κ1) is 14.1. The summed E-state index contributed by atoms with van der Waals surface area (Å²) >= 11 is 0. The van der Waals surface area contributed by atoms with Crippen LogP contribution in [0.5, 0.6) is 0 Å². The summed E-state index contributed by atoms with van der Waals surface area (Å²) in [4.78, 5) is 11.4. The number of H-pyrrole nitrogens is 1. The smallest absolute Gasteiger partial charge is 0.307 e. The second kappa shape index (κ2) is 6.74. The van der Waals surface area contributed by atoms with Gasteiger partial charge in [0.2, 0.25) is 0 Å². The molecule has 106 valence electrons. The van der Waals surface area contributed by atoms with Gasteiger partial charge in [-0.05, 0) is 18.4 Å². The van der Waals surface area contributed by atoms with Gasteiger partial charge >= 0.3 is 5.97 Å². The van der Waals surface area contributed by atoms with Crippen LogP contribution in [0.4, 0.5) is 4.39 Å². The molecule has 0 radical (unpaired) electrons. The number of alkyl halides is 1. The molecule has 0 spiro atoms. The molecule has 2 rings (SSSR count). The zero-order valence-electron chi connectivity index (χ0n) is 10.7. The van der Waals surface area contributed by atoms with Crippen molar-refractivity contribution in [2.24, 2.45) is 5.92 Å². The maximum atomic E-state index is 12.6. The number of hydrogen-bond donors (Lipinski definition) is 2. The van der Waals surface area contributed by atoms with Gasteiger partial charge in [-0.2, -0.15) is 5.21 Å². The summed E-state index contributed by atoms with van der Waals surface area (Å²) in [6, 6.07) is 9.40. The van der Waals surface area contributed by atoms with Crippen molar-refractivity contribution in [2.75, 3.05) is 6.67 Å². The molecule has 1 heterocycles. The van der Waals surface area contributed by atoms with Crippen molar-refractivity contribution in [2.45, 2.75) is 18.8 Å². The molecule has 0 saturated heterocycles. The highest BCUT2D eigenvalue weighted by Gasteiger charge is 2.32. The lowest BCUT2D eigenvalue weighted by Gasteiger charge is -2.20. The molecule has 0 aliphatic heterocycles. The lowest BCUT2D eigenvalue weighted by molar-refractivity contribution is -0.143. The van der Waals surface area contributed by atoms with Gasteiger partial charge in [0.15, 0.2) is 5.82 Å². The van der Waals surface area contributed by atoms with E-state index in [-0.39, 0.29) is 6.42 Å². The number of carbonyl (C=O) groups is 1. The van der Waals surface area contributed by atoms with Crippen LogP contribution in [0.3, 0.4) is 0 Å². The standard InChI is InChI=1S/C13H15FN4O2/c14-7-6-10(13(19)20)11(12-15-17-18-16-12)8-9-4-2-1-3-5-9/h1-5,10-11H,6-8H2,(H,19,20)(H,15,16,17,18). The molecule has 20 heavy (non-hydrogen) atoms. The monoisotopic (exact) mass is 278 g/mol. The Morgan fingerprint density at radius 3 is 2.65 bits per heavy atom. The lowest BCUT2D eigenvalue weighted by atomic mass is 9.84. The number of benzene rings is 1. The maximum absolute atomic E-state index is 12.6. The zero-order valence-corrected chi connectivity index (χ0v) is 10.7. The predicted molar refractivity (Wildman–Crippen MR) is 68.8 cm³/mol. The van der Waals surface area contributed by atoms with Crippen molar-refractivity contribution in [3.8, 4) is 0 Å². The van der Waals surface area contributed by atoms with E-state index in [1.54, 1.807) is 0 Å². The fourth-order valence-corrected chi connectivity index (χ4v) is 2.22. The highest BCUT2D eigenvalue weighted by molar-refractivity contribution is 5.71. The van der Waals surface area contributed by atoms with Gasteiger partial charge in [0.05, 0.1) is 12.6 Å². The molecule has 0 saturated carbocycles. The third-order valence-corrected chi connectivity index (χ3v) is 3.21. The molecule has 2 atom stereocenters. The van der Waals surface area contributed by atoms with Crippen molar-refractivity contribution in [3.63, 3.8) is 0 Å². The molecule has 0 amide bonds. The second-order valence-electron chi connectivity index (χ2n) is 4.49. The van der Waals surface area contributed by atoms with Crippen LogP contribution in [0, 0.1) is 5.92 Å². The van der Waals surface area contributed by atoms with Crippen LogP contribution in [0.1, 0.15) is 23.7 Å². The molecular weight excluding hydrogens is 263 g/mol. The molecule has 2 unspecified atom stereocenters. The van der Waals surface area contributed by atoms with Crippen molar-refractivity contribution >= 4 is 5.97 Å². The number of aromatic nitrogens is 4. The van der Waals surface area contributed by atoms with Gasteiger partial charge in [0, 0.05) is 5.92 Å². The highest BCUT2D eigenvalue weighted by atomic mass is 19.1. The van der Waals surface area contributed by atoms with Crippen LogP contribution in [-0.2, 0) is 11.2 Å². The van der Waals surface area contributed by atoms with E-state index in [2.05, 4.69) is 20.6 Å². The topological polar surface area (TPSA) is 91.8 Å².